The summed E-state index contributed by atoms with van der Waals surface area (Å²) in [6.45, 7) is 7.75. The highest BCUT2D eigenvalue weighted by Gasteiger charge is 2.08. The van der Waals surface area contributed by atoms with Gasteiger partial charge in [0.25, 0.3) is 0 Å². The van der Waals surface area contributed by atoms with E-state index >= 15 is 0 Å². The largest absolute Gasteiger partial charge is 0.385 e. The molecule has 1 N–H and O–H groups in total. The number of rotatable bonds is 8. The molecule has 1 aromatic heterocycles. The first-order valence-corrected chi connectivity index (χ1v) is 10.2. The number of hydrogen-bond donors (Lipinski definition) is 1. The van der Waals surface area contributed by atoms with Gasteiger partial charge in [-0.25, -0.2) is 4.98 Å². The van der Waals surface area contributed by atoms with Crippen molar-refractivity contribution in [2.75, 3.05) is 11.9 Å². The minimum Gasteiger partial charge on any atom is -0.385 e. The highest BCUT2D eigenvalue weighted by molar-refractivity contribution is 7.21. The topological polar surface area (TPSA) is 24.9 Å². The molecule has 0 saturated carbocycles. The smallest absolute Gasteiger partial charge is 0.124 e. The molecule has 0 radical (unpaired) electrons. The highest BCUT2D eigenvalue weighted by atomic mass is 32.1. The van der Waals surface area contributed by atoms with Gasteiger partial charge in [0, 0.05) is 17.8 Å². The fraction of sp³-hybridized carbons (Fsp3) is 0.409. The summed E-state index contributed by atoms with van der Waals surface area (Å²) in [5.41, 5.74) is 4.78. The normalized spacial score (nSPS) is 12.4. The zero-order chi connectivity index (χ0) is 17.6. The highest BCUT2D eigenvalue weighted by Crippen LogP contribution is 2.31. The Morgan fingerprint density at radius 2 is 1.88 bits per heavy atom. The van der Waals surface area contributed by atoms with Gasteiger partial charge in [0.2, 0.25) is 0 Å². The van der Waals surface area contributed by atoms with E-state index in [-0.39, 0.29) is 0 Å². The number of thiazole rings is 1. The second-order valence-electron chi connectivity index (χ2n) is 6.86. The molecule has 25 heavy (non-hydrogen) atoms. The van der Waals surface area contributed by atoms with Crippen LogP contribution in [0.1, 0.15) is 45.1 Å². The van der Waals surface area contributed by atoms with Gasteiger partial charge >= 0.3 is 0 Å². The molecular formula is C22H28N2S. The molecule has 1 heterocycles. The third kappa shape index (κ3) is 4.60. The molecule has 132 valence electrons. The first kappa shape index (κ1) is 17.9. The van der Waals surface area contributed by atoms with Crippen LogP contribution in [0.2, 0.25) is 0 Å². The lowest BCUT2D eigenvalue weighted by Crippen LogP contribution is -2.13. The van der Waals surface area contributed by atoms with E-state index in [4.69, 9.17) is 4.98 Å². The molecule has 3 rings (SSSR count). The van der Waals surface area contributed by atoms with Crippen LogP contribution in [0.15, 0.2) is 42.5 Å². The number of hydrogen-bond acceptors (Lipinski definition) is 3. The zero-order valence-electron chi connectivity index (χ0n) is 15.5. The summed E-state index contributed by atoms with van der Waals surface area (Å²) in [7, 11) is 0. The maximum Gasteiger partial charge on any atom is 0.124 e. The molecule has 0 aliphatic heterocycles. The third-order valence-electron chi connectivity index (χ3n) is 4.81. The molecule has 0 bridgehead atoms. The molecule has 1 unspecified atom stereocenters. The van der Waals surface area contributed by atoms with Gasteiger partial charge in [-0.1, -0.05) is 39.2 Å². The first-order chi connectivity index (χ1) is 12.2. The van der Waals surface area contributed by atoms with Crippen molar-refractivity contribution in [2.45, 2.75) is 46.5 Å². The van der Waals surface area contributed by atoms with Crippen molar-refractivity contribution < 1.29 is 0 Å². The predicted octanol–water partition coefficient (Wildman–Crippen LogP) is 6.90. The van der Waals surface area contributed by atoms with E-state index in [0.29, 0.717) is 0 Å². The predicted molar refractivity (Wildman–Crippen MR) is 112 cm³/mol. The fourth-order valence-electron chi connectivity index (χ4n) is 3.09. The quantitative estimate of drug-likeness (QED) is 0.477. The van der Waals surface area contributed by atoms with Crippen molar-refractivity contribution in [3.8, 4) is 10.6 Å². The maximum atomic E-state index is 4.77. The summed E-state index contributed by atoms with van der Waals surface area (Å²) >= 11 is 1.77. The van der Waals surface area contributed by atoms with Crippen LogP contribution in [0.25, 0.3) is 20.8 Å². The van der Waals surface area contributed by atoms with Crippen molar-refractivity contribution in [2.24, 2.45) is 5.92 Å². The number of aromatic nitrogens is 1. The lowest BCUT2D eigenvalue weighted by atomic mass is 9.99. The zero-order valence-corrected chi connectivity index (χ0v) is 16.3. The summed E-state index contributed by atoms with van der Waals surface area (Å²) in [4.78, 5) is 4.77. The number of fused-ring (bicyclic) bond motifs is 1. The molecule has 3 aromatic rings. The monoisotopic (exact) mass is 352 g/mol. The molecule has 0 saturated heterocycles. The molecule has 0 aliphatic carbocycles. The Morgan fingerprint density at radius 1 is 1.08 bits per heavy atom. The van der Waals surface area contributed by atoms with Gasteiger partial charge in [-0.2, -0.15) is 0 Å². The van der Waals surface area contributed by atoms with Crippen molar-refractivity contribution in [3.05, 3.63) is 48.0 Å². The molecule has 0 aliphatic rings. The fourth-order valence-corrected chi connectivity index (χ4v) is 4.16. The molecular weight excluding hydrogens is 324 g/mol. The van der Waals surface area contributed by atoms with Gasteiger partial charge in [0.1, 0.15) is 5.01 Å². The number of nitrogens with one attached hydrogen (secondary N) is 1. The minimum atomic E-state index is 0.770. The van der Waals surface area contributed by atoms with E-state index in [1.165, 1.54) is 47.2 Å². The number of anilines is 1. The SMILES string of the molecule is CCCCC(CC)CNc1ccc(-c2nc3ccc(C)cc3s2)cc1. The Bertz CT molecular complexity index is 805. The number of unbranched alkanes of at least 4 members (excludes halogenated alkanes) is 1. The Balaban J connectivity index is 1.66. The van der Waals surface area contributed by atoms with Crippen LogP contribution in [0, 0.1) is 12.8 Å². The number of benzene rings is 2. The first-order valence-electron chi connectivity index (χ1n) is 9.41. The van der Waals surface area contributed by atoms with Gasteiger partial charge in [-0.15, -0.1) is 11.3 Å². The van der Waals surface area contributed by atoms with E-state index in [9.17, 15) is 0 Å². The maximum absolute atomic E-state index is 4.77. The van der Waals surface area contributed by atoms with Gasteiger partial charge in [-0.05, 0) is 61.2 Å². The lowest BCUT2D eigenvalue weighted by Gasteiger charge is -2.16. The van der Waals surface area contributed by atoms with E-state index < -0.39 is 0 Å². The summed E-state index contributed by atoms with van der Waals surface area (Å²) in [6, 6.07) is 15.2. The lowest BCUT2D eigenvalue weighted by molar-refractivity contribution is 0.473. The van der Waals surface area contributed by atoms with Crippen molar-refractivity contribution in [1.82, 2.24) is 4.98 Å². The summed E-state index contributed by atoms with van der Waals surface area (Å²) in [6.07, 6.45) is 5.18. The van der Waals surface area contributed by atoms with Crippen molar-refractivity contribution >= 4 is 27.2 Å². The van der Waals surface area contributed by atoms with E-state index in [1.54, 1.807) is 11.3 Å². The average molecular weight is 353 g/mol. The number of aryl methyl sites for hydroxylation is 1. The Labute approximate surface area is 155 Å². The summed E-state index contributed by atoms with van der Waals surface area (Å²) in [5.74, 6) is 0.770. The van der Waals surface area contributed by atoms with E-state index in [0.717, 1.165) is 23.0 Å². The van der Waals surface area contributed by atoms with Gasteiger partial charge in [-0.3, -0.25) is 0 Å². The van der Waals surface area contributed by atoms with E-state index in [2.05, 4.69) is 68.6 Å². The summed E-state index contributed by atoms with van der Waals surface area (Å²) < 4.78 is 1.26. The van der Waals surface area contributed by atoms with E-state index in [1.807, 2.05) is 0 Å². The van der Waals surface area contributed by atoms with Gasteiger partial charge in [0.05, 0.1) is 10.2 Å². The second kappa shape index (κ2) is 8.48. The molecule has 3 heteroatoms. The minimum absolute atomic E-state index is 0.770. The molecule has 2 aromatic carbocycles. The van der Waals surface area contributed by atoms with Crippen LogP contribution in [0.4, 0.5) is 5.69 Å². The Hall–Kier alpha value is -1.87. The standard InChI is InChI=1S/C22H28N2S/c1-4-6-7-17(5-2)15-23-19-11-9-18(10-12-19)22-24-20-13-8-16(3)14-21(20)25-22/h8-14,17,23H,4-7,15H2,1-3H3. The molecule has 1 atom stereocenters. The van der Waals surface area contributed by atoms with Gasteiger partial charge < -0.3 is 5.32 Å². The molecule has 2 nitrogen and oxygen atoms in total. The van der Waals surface area contributed by atoms with Crippen molar-refractivity contribution in [3.63, 3.8) is 0 Å². The van der Waals surface area contributed by atoms with Crippen LogP contribution < -0.4 is 5.32 Å². The molecule has 0 fully saturated rings. The van der Waals surface area contributed by atoms with Crippen LogP contribution in [-0.2, 0) is 0 Å². The van der Waals surface area contributed by atoms with Crippen LogP contribution in [-0.4, -0.2) is 11.5 Å². The third-order valence-corrected chi connectivity index (χ3v) is 5.88. The number of nitrogens with zero attached hydrogens (tertiary/aromatic N) is 1. The summed E-state index contributed by atoms with van der Waals surface area (Å²) in [5, 5.41) is 4.70. The Kier molecular flexibility index (Phi) is 6.09. The molecule has 0 spiro atoms. The average Bonchev–Trinajstić information content (AvgIpc) is 3.05. The molecule has 0 amide bonds. The Morgan fingerprint density at radius 3 is 2.60 bits per heavy atom. The van der Waals surface area contributed by atoms with Crippen LogP contribution >= 0.6 is 11.3 Å². The van der Waals surface area contributed by atoms with Gasteiger partial charge in [0.15, 0.2) is 0 Å². The van der Waals surface area contributed by atoms with Crippen LogP contribution in [0.5, 0.6) is 0 Å². The second-order valence-corrected chi connectivity index (χ2v) is 7.90. The van der Waals surface area contributed by atoms with Crippen molar-refractivity contribution in [1.29, 1.82) is 0 Å². The van der Waals surface area contributed by atoms with Crippen LogP contribution in [0.3, 0.4) is 0 Å².